The summed E-state index contributed by atoms with van der Waals surface area (Å²) >= 11 is 0. The Bertz CT molecular complexity index is 778. The van der Waals surface area contributed by atoms with Gasteiger partial charge >= 0.3 is 0 Å². The highest BCUT2D eigenvalue weighted by molar-refractivity contribution is 5.94. The lowest BCUT2D eigenvalue weighted by Gasteiger charge is -2.12. The van der Waals surface area contributed by atoms with Crippen molar-refractivity contribution in [3.63, 3.8) is 0 Å². The van der Waals surface area contributed by atoms with Gasteiger partial charge in [-0.05, 0) is 38.1 Å². The summed E-state index contributed by atoms with van der Waals surface area (Å²) in [5.41, 5.74) is 2.16. The fraction of sp³-hybridized carbons (Fsp3) is 0.200. The molecule has 1 N–H and O–H groups in total. The third kappa shape index (κ3) is 2.60. The molecular formula is C15H15N5O. The summed E-state index contributed by atoms with van der Waals surface area (Å²) in [4.78, 5) is 16.3. The molecule has 0 radical (unpaired) electrons. The monoisotopic (exact) mass is 281 g/mol. The smallest absolute Gasteiger partial charge is 0.253 e. The molecule has 3 rings (SSSR count). The Labute approximate surface area is 121 Å². The first-order valence-corrected chi connectivity index (χ1v) is 6.68. The fourth-order valence-corrected chi connectivity index (χ4v) is 2.10. The number of aryl methyl sites for hydroxylation is 1. The Balaban J connectivity index is 1.81. The highest BCUT2D eigenvalue weighted by atomic mass is 16.1. The van der Waals surface area contributed by atoms with Gasteiger partial charge in [0, 0.05) is 18.1 Å². The van der Waals surface area contributed by atoms with Gasteiger partial charge in [0.2, 0.25) is 0 Å². The first-order valence-electron chi connectivity index (χ1n) is 6.68. The summed E-state index contributed by atoms with van der Waals surface area (Å²) < 4.78 is 1.86. The zero-order chi connectivity index (χ0) is 14.8. The van der Waals surface area contributed by atoms with E-state index in [9.17, 15) is 4.79 Å². The molecule has 0 aliphatic heterocycles. The zero-order valence-electron chi connectivity index (χ0n) is 11.8. The maximum Gasteiger partial charge on any atom is 0.253 e. The second-order valence-corrected chi connectivity index (χ2v) is 4.87. The molecule has 0 aliphatic rings. The molecule has 3 heterocycles. The van der Waals surface area contributed by atoms with Gasteiger partial charge in [0.25, 0.3) is 5.91 Å². The minimum Gasteiger partial charge on any atom is -0.342 e. The molecule has 0 bridgehead atoms. The van der Waals surface area contributed by atoms with Crippen molar-refractivity contribution in [3.05, 3.63) is 59.8 Å². The van der Waals surface area contributed by atoms with Gasteiger partial charge in [-0.15, -0.1) is 10.2 Å². The number of carbonyl (C=O) groups excluding carboxylic acids is 1. The molecule has 6 nitrogen and oxygen atoms in total. The van der Waals surface area contributed by atoms with E-state index in [2.05, 4.69) is 20.5 Å². The maximum atomic E-state index is 12.2. The second kappa shape index (κ2) is 5.32. The number of nitrogens with one attached hydrogen (secondary N) is 1. The molecule has 0 spiro atoms. The lowest BCUT2D eigenvalue weighted by molar-refractivity contribution is 0.0937. The van der Waals surface area contributed by atoms with E-state index in [4.69, 9.17) is 0 Å². The van der Waals surface area contributed by atoms with Crippen molar-refractivity contribution in [2.45, 2.75) is 19.9 Å². The number of pyridine rings is 2. The van der Waals surface area contributed by atoms with Crippen LogP contribution in [-0.4, -0.2) is 25.5 Å². The van der Waals surface area contributed by atoms with Crippen LogP contribution in [0.5, 0.6) is 0 Å². The molecule has 0 unspecified atom stereocenters. The second-order valence-electron chi connectivity index (χ2n) is 4.87. The number of amides is 1. The van der Waals surface area contributed by atoms with Gasteiger partial charge in [-0.2, -0.15) is 0 Å². The van der Waals surface area contributed by atoms with Crippen LogP contribution >= 0.6 is 0 Å². The fourth-order valence-electron chi connectivity index (χ4n) is 2.10. The quantitative estimate of drug-likeness (QED) is 0.796. The molecule has 3 aromatic rings. The minimum absolute atomic E-state index is 0.178. The van der Waals surface area contributed by atoms with Crippen LogP contribution in [0.2, 0.25) is 0 Å². The van der Waals surface area contributed by atoms with Gasteiger partial charge in [0.1, 0.15) is 0 Å². The number of fused-ring (bicyclic) bond motifs is 1. The number of carbonyl (C=O) groups is 1. The molecule has 1 amide bonds. The first-order chi connectivity index (χ1) is 10.1. The van der Waals surface area contributed by atoms with Gasteiger partial charge < -0.3 is 5.32 Å². The van der Waals surface area contributed by atoms with Crippen LogP contribution < -0.4 is 5.32 Å². The van der Waals surface area contributed by atoms with E-state index in [1.807, 2.05) is 48.7 Å². The molecule has 0 aromatic carbocycles. The highest BCUT2D eigenvalue weighted by Gasteiger charge is 2.16. The molecule has 0 aliphatic carbocycles. The topological polar surface area (TPSA) is 72.2 Å². The predicted octanol–water partition coefficient (Wildman–Crippen LogP) is 1.92. The lowest BCUT2D eigenvalue weighted by atomic mass is 10.2. The Morgan fingerprint density at radius 3 is 2.86 bits per heavy atom. The summed E-state index contributed by atoms with van der Waals surface area (Å²) in [6.45, 7) is 3.76. The Morgan fingerprint density at radius 1 is 1.24 bits per heavy atom. The number of hydrogen-bond acceptors (Lipinski definition) is 4. The van der Waals surface area contributed by atoms with Gasteiger partial charge in [-0.1, -0.05) is 6.07 Å². The average molecular weight is 281 g/mol. The van der Waals surface area contributed by atoms with Crippen LogP contribution in [0, 0.1) is 6.92 Å². The number of hydrogen-bond donors (Lipinski definition) is 1. The van der Waals surface area contributed by atoms with E-state index < -0.39 is 0 Å². The van der Waals surface area contributed by atoms with Crippen molar-refractivity contribution in [1.82, 2.24) is 24.9 Å². The van der Waals surface area contributed by atoms with E-state index >= 15 is 0 Å². The van der Waals surface area contributed by atoms with Crippen LogP contribution in [0.1, 0.15) is 34.8 Å². The number of nitrogens with zero attached hydrogens (tertiary/aromatic N) is 4. The number of aromatic nitrogens is 4. The molecule has 3 aromatic heterocycles. The summed E-state index contributed by atoms with van der Waals surface area (Å²) in [7, 11) is 0. The van der Waals surface area contributed by atoms with E-state index in [1.165, 1.54) is 0 Å². The highest BCUT2D eigenvalue weighted by Crippen LogP contribution is 2.12. The van der Waals surface area contributed by atoms with Crippen LogP contribution in [-0.2, 0) is 0 Å². The molecule has 1 atom stereocenters. The average Bonchev–Trinajstić information content (AvgIpc) is 2.92. The normalized spacial score (nSPS) is 12.3. The molecule has 0 saturated carbocycles. The molecule has 0 saturated heterocycles. The van der Waals surface area contributed by atoms with E-state index in [-0.39, 0.29) is 11.9 Å². The van der Waals surface area contributed by atoms with Crippen LogP contribution in [0.25, 0.3) is 5.65 Å². The van der Waals surface area contributed by atoms with E-state index in [1.54, 1.807) is 12.3 Å². The molecule has 0 fully saturated rings. The molecule has 6 heteroatoms. The van der Waals surface area contributed by atoms with Crippen molar-refractivity contribution in [3.8, 4) is 0 Å². The largest absolute Gasteiger partial charge is 0.342 e. The zero-order valence-corrected chi connectivity index (χ0v) is 11.8. The van der Waals surface area contributed by atoms with Gasteiger partial charge in [0.05, 0.1) is 11.6 Å². The van der Waals surface area contributed by atoms with Crippen LogP contribution in [0.15, 0.2) is 42.7 Å². The Kier molecular flexibility index (Phi) is 3.35. The summed E-state index contributed by atoms with van der Waals surface area (Å²) in [5.74, 6) is 0.515. The summed E-state index contributed by atoms with van der Waals surface area (Å²) in [6.07, 6.45) is 3.44. The van der Waals surface area contributed by atoms with Crippen molar-refractivity contribution in [2.75, 3.05) is 0 Å². The summed E-state index contributed by atoms with van der Waals surface area (Å²) in [5, 5.41) is 11.1. The van der Waals surface area contributed by atoms with Gasteiger partial charge in [-0.3, -0.25) is 14.2 Å². The van der Waals surface area contributed by atoms with Crippen molar-refractivity contribution in [1.29, 1.82) is 0 Å². The third-order valence-electron chi connectivity index (χ3n) is 3.25. The summed E-state index contributed by atoms with van der Waals surface area (Å²) in [6, 6.07) is 8.98. The predicted molar refractivity (Wildman–Crippen MR) is 77.8 cm³/mol. The third-order valence-corrected chi connectivity index (χ3v) is 3.25. The Morgan fingerprint density at radius 2 is 2.10 bits per heavy atom. The molecule has 21 heavy (non-hydrogen) atoms. The molecule has 106 valence electrons. The van der Waals surface area contributed by atoms with E-state index in [0.717, 1.165) is 11.3 Å². The van der Waals surface area contributed by atoms with Crippen molar-refractivity contribution < 1.29 is 4.79 Å². The van der Waals surface area contributed by atoms with Crippen LogP contribution in [0.3, 0.4) is 0 Å². The number of rotatable bonds is 3. The molecular weight excluding hydrogens is 266 g/mol. The van der Waals surface area contributed by atoms with Crippen molar-refractivity contribution >= 4 is 11.6 Å². The van der Waals surface area contributed by atoms with Crippen LogP contribution in [0.4, 0.5) is 0 Å². The lowest BCUT2D eigenvalue weighted by Crippen LogP contribution is -2.28. The standard InChI is InChI=1S/C15H15N5O/c1-10-6-7-12(9-16-10)15(21)17-11(2)14-19-18-13-5-3-4-8-20(13)14/h3-9,11H,1-2H3,(H,17,21)/t11-/m1/s1. The van der Waals surface area contributed by atoms with Gasteiger partial charge in [-0.25, -0.2) is 0 Å². The maximum absolute atomic E-state index is 12.2. The van der Waals surface area contributed by atoms with E-state index in [0.29, 0.717) is 11.4 Å². The van der Waals surface area contributed by atoms with Gasteiger partial charge in [0.15, 0.2) is 11.5 Å². The first kappa shape index (κ1) is 13.2. The minimum atomic E-state index is -0.254. The SMILES string of the molecule is Cc1ccc(C(=O)N[C@H](C)c2nnc3ccccn23)cn1. The Hall–Kier alpha value is -2.76. The van der Waals surface area contributed by atoms with Crippen molar-refractivity contribution in [2.24, 2.45) is 0 Å².